The van der Waals surface area contributed by atoms with E-state index in [-0.39, 0.29) is 24.1 Å². The lowest BCUT2D eigenvalue weighted by Gasteiger charge is -2.46. The molecule has 0 aliphatic carbocycles. The van der Waals surface area contributed by atoms with Gasteiger partial charge < -0.3 is 15.5 Å². The van der Waals surface area contributed by atoms with Gasteiger partial charge in [0.1, 0.15) is 6.04 Å². The van der Waals surface area contributed by atoms with Gasteiger partial charge in [0.05, 0.1) is 0 Å². The number of piperidine rings is 1. The molecule has 3 amide bonds. The lowest BCUT2D eigenvalue weighted by atomic mass is 9.77. The molecule has 0 radical (unpaired) electrons. The van der Waals surface area contributed by atoms with E-state index < -0.39 is 6.04 Å². The van der Waals surface area contributed by atoms with Crippen LogP contribution in [0.1, 0.15) is 48.2 Å². The molecule has 2 saturated heterocycles. The highest BCUT2D eigenvalue weighted by Crippen LogP contribution is 2.30. The SMILES string of the molecule is CC1(C)CNC1CNCc1cccc2c1CN(C1CCC(=O)NC1=O)C2=O. The zero-order valence-corrected chi connectivity index (χ0v) is 15.8. The molecule has 0 aromatic heterocycles. The van der Waals surface area contributed by atoms with Gasteiger partial charge in [-0.15, -0.1) is 0 Å². The number of carbonyl (C=O) groups is 3. The monoisotopic (exact) mass is 370 g/mol. The number of benzene rings is 1. The van der Waals surface area contributed by atoms with Crippen molar-refractivity contribution in [2.45, 2.75) is 51.9 Å². The molecular weight excluding hydrogens is 344 g/mol. The van der Waals surface area contributed by atoms with Crippen LogP contribution < -0.4 is 16.0 Å². The van der Waals surface area contributed by atoms with Crippen LogP contribution in [-0.2, 0) is 22.7 Å². The summed E-state index contributed by atoms with van der Waals surface area (Å²) in [5.41, 5.74) is 3.05. The molecule has 144 valence electrons. The molecule has 7 nitrogen and oxygen atoms in total. The number of rotatable bonds is 5. The van der Waals surface area contributed by atoms with Crippen molar-refractivity contribution >= 4 is 17.7 Å². The van der Waals surface area contributed by atoms with Crippen molar-refractivity contribution in [3.63, 3.8) is 0 Å². The molecule has 0 spiro atoms. The molecule has 2 fully saturated rings. The Morgan fingerprint density at radius 3 is 2.74 bits per heavy atom. The predicted octanol–water partition coefficient (Wildman–Crippen LogP) is 0.535. The second-order valence-corrected chi connectivity index (χ2v) is 8.40. The van der Waals surface area contributed by atoms with Crippen molar-refractivity contribution < 1.29 is 14.4 Å². The molecule has 4 rings (SSSR count). The van der Waals surface area contributed by atoms with Gasteiger partial charge in [-0.05, 0) is 29.0 Å². The number of nitrogens with one attached hydrogen (secondary N) is 3. The van der Waals surface area contributed by atoms with Crippen molar-refractivity contribution in [3.8, 4) is 0 Å². The largest absolute Gasteiger partial charge is 0.322 e. The minimum absolute atomic E-state index is 0.122. The number of fused-ring (bicyclic) bond motifs is 1. The van der Waals surface area contributed by atoms with Gasteiger partial charge in [0.15, 0.2) is 0 Å². The fraction of sp³-hybridized carbons (Fsp3) is 0.550. The first kappa shape index (κ1) is 18.1. The molecule has 1 aromatic rings. The van der Waals surface area contributed by atoms with Crippen molar-refractivity contribution in [2.24, 2.45) is 5.41 Å². The van der Waals surface area contributed by atoms with E-state index >= 15 is 0 Å². The highest BCUT2D eigenvalue weighted by atomic mass is 16.2. The third-order valence-corrected chi connectivity index (χ3v) is 6.09. The van der Waals surface area contributed by atoms with Gasteiger partial charge >= 0.3 is 0 Å². The highest BCUT2D eigenvalue weighted by Gasteiger charge is 2.40. The maximum absolute atomic E-state index is 12.8. The number of carbonyl (C=O) groups excluding carboxylic acids is 3. The Balaban J connectivity index is 1.44. The minimum Gasteiger partial charge on any atom is -0.322 e. The second-order valence-electron chi connectivity index (χ2n) is 8.40. The van der Waals surface area contributed by atoms with E-state index in [4.69, 9.17) is 0 Å². The summed E-state index contributed by atoms with van der Waals surface area (Å²) >= 11 is 0. The van der Waals surface area contributed by atoms with E-state index in [1.807, 2.05) is 18.2 Å². The number of amides is 3. The van der Waals surface area contributed by atoms with Crippen LogP contribution in [0.15, 0.2) is 18.2 Å². The van der Waals surface area contributed by atoms with E-state index in [0.29, 0.717) is 36.5 Å². The first-order chi connectivity index (χ1) is 12.9. The highest BCUT2D eigenvalue weighted by molar-refractivity contribution is 6.05. The Bertz CT molecular complexity index is 804. The molecule has 3 aliphatic heterocycles. The van der Waals surface area contributed by atoms with Crippen LogP contribution in [-0.4, -0.2) is 47.8 Å². The van der Waals surface area contributed by atoms with E-state index in [1.54, 1.807) is 4.90 Å². The zero-order valence-electron chi connectivity index (χ0n) is 15.8. The normalized spacial score (nSPS) is 26.6. The smallest absolute Gasteiger partial charge is 0.255 e. The fourth-order valence-electron chi connectivity index (χ4n) is 4.17. The van der Waals surface area contributed by atoms with E-state index in [9.17, 15) is 14.4 Å². The van der Waals surface area contributed by atoms with Crippen LogP contribution in [0.3, 0.4) is 0 Å². The third-order valence-electron chi connectivity index (χ3n) is 6.09. The Labute approximate surface area is 158 Å². The maximum Gasteiger partial charge on any atom is 0.255 e. The summed E-state index contributed by atoms with van der Waals surface area (Å²) in [7, 11) is 0. The van der Waals surface area contributed by atoms with Crippen molar-refractivity contribution in [1.29, 1.82) is 0 Å². The van der Waals surface area contributed by atoms with Gasteiger partial charge in [-0.25, -0.2) is 0 Å². The number of hydrogen-bond acceptors (Lipinski definition) is 5. The van der Waals surface area contributed by atoms with Gasteiger partial charge in [-0.3, -0.25) is 19.7 Å². The van der Waals surface area contributed by atoms with Crippen LogP contribution in [0.4, 0.5) is 0 Å². The number of hydrogen-bond donors (Lipinski definition) is 3. The molecule has 2 unspecified atom stereocenters. The summed E-state index contributed by atoms with van der Waals surface area (Å²) in [6.07, 6.45) is 0.662. The molecular formula is C20H26N4O3. The molecule has 2 atom stereocenters. The maximum atomic E-state index is 12.8. The van der Waals surface area contributed by atoms with Crippen LogP contribution in [0.5, 0.6) is 0 Å². The van der Waals surface area contributed by atoms with Gasteiger partial charge in [0.2, 0.25) is 11.8 Å². The molecule has 3 N–H and O–H groups in total. The van der Waals surface area contributed by atoms with Gasteiger partial charge in [-0.2, -0.15) is 0 Å². The van der Waals surface area contributed by atoms with E-state index in [1.165, 1.54) is 0 Å². The average Bonchev–Trinajstić information content (AvgIpc) is 2.95. The van der Waals surface area contributed by atoms with Gasteiger partial charge in [-0.1, -0.05) is 26.0 Å². The summed E-state index contributed by atoms with van der Waals surface area (Å²) in [6.45, 7) is 7.54. The molecule has 1 aromatic carbocycles. The summed E-state index contributed by atoms with van der Waals surface area (Å²) in [4.78, 5) is 38.0. The Morgan fingerprint density at radius 1 is 1.26 bits per heavy atom. The van der Waals surface area contributed by atoms with Crippen LogP contribution in [0.2, 0.25) is 0 Å². The standard InChI is InChI=1S/C20H26N4O3/c1-20(2)11-22-16(20)9-21-8-12-4-3-5-13-14(12)10-24(19(13)27)15-6-7-17(25)23-18(15)26/h3-5,15-16,21-22H,6-11H2,1-2H3,(H,23,25,26). The predicted molar refractivity (Wildman–Crippen MR) is 99.8 cm³/mol. The second kappa shape index (κ2) is 6.73. The summed E-state index contributed by atoms with van der Waals surface area (Å²) < 4.78 is 0. The Kier molecular flexibility index (Phi) is 4.52. The molecule has 0 saturated carbocycles. The molecule has 7 heteroatoms. The van der Waals surface area contributed by atoms with E-state index in [2.05, 4.69) is 29.8 Å². The van der Waals surface area contributed by atoms with E-state index in [0.717, 1.165) is 24.2 Å². The summed E-state index contributed by atoms with van der Waals surface area (Å²) in [5, 5.41) is 9.28. The van der Waals surface area contributed by atoms with Crippen molar-refractivity contribution in [2.75, 3.05) is 13.1 Å². The first-order valence-corrected chi connectivity index (χ1v) is 9.56. The van der Waals surface area contributed by atoms with Crippen LogP contribution in [0.25, 0.3) is 0 Å². The third kappa shape index (κ3) is 3.26. The fourth-order valence-corrected chi connectivity index (χ4v) is 4.17. The topological polar surface area (TPSA) is 90.5 Å². The lowest BCUT2D eigenvalue weighted by Crippen LogP contribution is -2.62. The summed E-state index contributed by atoms with van der Waals surface area (Å²) in [6, 6.07) is 5.64. The minimum atomic E-state index is -0.566. The molecule has 3 heterocycles. The zero-order chi connectivity index (χ0) is 19.2. The quantitative estimate of drug-likeness (QED) is 0.658. The number of nitrogens with zero attached hydrogens (tertiary/aromatic N) is 1. The first-order valence-electron chi connectivity index (χ1n) is 9.56. The van der Waals surface area contributed by atoms with Crippen molar-refractivity contribution in [1.82, 2.24) is 20.9 Å². The molecule has 27 heavy (non-hydrogen) atoms. The van der Waals surface area contributed by atoms with Crippen molar-refractivity contribution in [3.05, 3.63) is 34.9 Å². The molecule has 0 bridgehead atoms. The molecule has 3 aliphatic rings. The van der Waals surface area contributed by atoms with Crippen LogP contribution in [0, 0.1) is 5.41 Å². The van der Waals surface area contributed by atoms with Gasteiger partial charge in [0, 0.05) is 44.2 Å². The Morgan fingerprint density at radius 2 is 2.07 bits per heavy atom. The van der Waals surface area contributed by atoms with Crippen LogP contribution >= 0.6 is 0 Å². The average molecular weight is 370 g/mol. The Hall–Kier alpha value is -2.25. The van der Waals surface area contributed by atoms with Gasteiger partial charge in [0.25, 0.3) is 5.91 Å². The lowest BCUT2D eigenvalue weighted by molar-refractivity contribution is -0.136. The summed E-state index contributed by atoms with van der Waals surface area (Å²) in [5.74, 6) is -0.758. The number of imide groups is 1.